The molecule has 4 aromatic carbocycles. The van der Waals surface area contributed by atoms with Crippen LogP contribution in [-0.2, 0) is 24.2 Å². The maximum Gasteiger partial charge on any atom is 0.416 e. The highest BCUT2D eigenvalue weighted by Gasteiger charge is 2.31. The third-order valence-electron chi connectivity index (χ3n) is 5.84. The zero-order chi connectivity index (χ0) is 30.5. The van der Waals surface area contributed by atoms with E-state index in [1.54, 1.807) is 6.07 Å². The molecule has 0 aliphatic heterocycles. The Balaban J connectivity index is 0.000000298. The Morgan fingerprint density at radius 2 is 1.22 bits per heavy atom. The largest absolute Gasteiger partial charge is 0.416 e. The van der Waals surface area contributed by atoms with Gasteiger partial charge in [0.2, 0.25) is 0 Å². The summed E-state index contributed by atoms with van der Waals surface area (Å²) in [6.45, 7) is 2.32. The Labute approximate surface area is 268 Å². The Bertz CT molecular complexity index is 1520. The summed E-state index contributed by atoms with van der Waals surface area (Å²) in [7, 11) is 0. The Hall–Kier alpha value is -1.72. The molecule has 0 aliphatic rings. The molecule has 0 saturated heterocycles. The molecule has 1 N–H and O–H groups in total. The van der Waals surface area contributed by atoms with E-state index >= 15 is 0 Å². The minimum Gasteiger partial charge on any atom is -0.381 e. The van der Waals surface area contributed by atoms with Gasteiger partial charge >= 0.3 is 12.4 Å². The number of aryl methyl sites for hydroxylation is 1. The van der Waals surface area contributed by atoms with Crippen molar-refractivity contribution in [2.45, 2.75) is 31.2 Å². The average molecular weight is 807 g/mol. The molecule has 0 aromatic heterocycles. The molecule has 218 valence electrons. The van der Waals surface area contributed by atoms with Crippen molar-refractivity contribution in [1.29, 1.82) is 0 Å². The fourth-order valence-electron chi connectivity index (χ4n) is 3.67. The van der Waals surface area contributed by atoms with Gasteiger partial charge in [0.1, 0.15) is 0 Å². The fourth-order valence-corrected chi connectivity index (χ4v) is 6.08. The molecular formula is C29H20Br3Cl2F6N. The third kappa shape index (κ3) is 9.38. The van der Waals surface area contributed by atoms with E-state index in [-0.39, 0.29) is 0 Å². The minimum atomic E-state index is -4.36. The summed E-state index contributed by atoms with van der Waals surface area (Å²) >= 11 is 21.9. The molecule has 0 atom stereocenters. The molecule has 0 spiro atoms. The second-order valence-corrected chi connectivity index (χ2v) is 11.9. The van der Waals surface area contributed by atoms with Crippen molar-refractivity contribution in [3.63, 3.8) is 0 Å². The van der Waals surface area contributed by atoms with Gasteiger partial charge in [0.05, 0.1) is 16.1 Å². The van der Waals surface area contributed by atoms with E-state index in [0.717, 1.165) is 52.2 Å². The maximum atomic E-state index is 12.8. The van der Waals surface area contributed by atoms with Crippen LogP contribution in [0.25, 0.3) is 11.1 Å². The Morgan fingerprint density at radius 3 is 1.68 bits per heavy atom. The number of hydrogen-bond acceptors (Lipinski definition) is 1. The lowest BCUT2D eigenvalue weighted by atomic mass is 10.0. The molecule has 4 rings (SSSR count). The fraction of sp³-hybridized carbons (Fsp3) is 0.172. The van der Waals surface area contributed by atoms with E-state index in [9.17, 15) is 26.3 Å². The molecule has 0 saturated carbocycles. The van der Waals surface area contributed by atoms with Crippen molar-refractivity contribution in [2.75, 3.05) is 5.32 Å². The lowest BCUT2D eigenvalue weighted by Crippen LogP contribution is -2.06. The van der Waals surface area contributed by atoms with Crippen molar-refractivity contribution in [3.05, 3.63) is 120 Å². The first-order valence-corrected chi connectivity index (χ1v) is 15.1. The van der Waals surface area contributed by atoms with Crippen molar-refractivity contribution >= 4 is 76.7 Å². The van der Waals surface area contributed by atoms with Crippen LogP contribution in [0.2, 0.25) is 10.0 Å². The van der Waals surface area contributed by atoms with Crippen LogP contribution in [0.1, 0.15) is 27.8 Å². The summed E-state index contributed by atoms with van der Waals surface area (Å²) in [5.74, 6) is 0. The van der Waals surface area contributed by atoms with E-state index in [1.165, 1.54) is 12.1 Å². The van der Waals surface area contributed by atoms with Crippen LogP contribution in [0.5, 0.6) is 0 Å². The number of halogens is 11. The molecule has 0 heterocycles. The van der Waals surface area contributed by atoms with Gasteiger partial charge in [-0.15, -0.1) is 0 Å². The van der Waals surface area contributed by atoms with Gasteiger partial charge in [-0.1, -0.05) is 95.3 Å². The second kappa shape index (κ2) is 14.2. The van der Waals surface area contributed by atoms with Gasteiger partial charge in [-0.05, 0) is 77.7 Å². The summed E-state index contributed by atoms with van der Waals surface area (Å²) in [6, 6.07) is 18.4. The average Bonchev–Trinajstić information content (AvgIpc) is 2.88. The zero-order valence-electron chi connectivity index (χ0n) is 21.0. The molecule has 0 fully saturated rings. The predicted molar refractivity (Wildman–Crippen MR) is 165 cm³/mol. The van der Waals surface area contributed by atoms with Crippen LogP contribution in [0, 0.1) is 6.92 Å². The standard InChI is InChI=1S/C21H15BrCl2F3N.C8H5Br2F3/c1-12-8-15(23)4-6-17(12)18-7-5-16(10-20(18)24)28-11-13-2-3-14(9-19(13)22)21(25,26)27;9-4-5-1-2-6(3-7(5)10)8(11,12)13/h2-10,28H,11H2,1H3;1-3H,4H2. The molecule has 0 unspecified atom stereocenters. The highest BCUT2D eigenvalue weighted by Crippen LogP contribution is 2.35. The van der Waals surface area contributed by atoms with Crippen molar-refractivity contribution in [3.8, 4) is 11.1 Å². The lowest BCUT2D eigenvalue weighted by Gasteiger charge is -2.13. The lowest BCUT2D eigenvalue weighted by molar-refractivity contribution is -0.138. The molecule has 0 aliphatic carbocycles. The molecule has 12 heteroatoms. The summed E-state index contributed by atoms with van der Waals surface area (Å²) < 4.78 is 75.7. The zero-order valence-corrected chi connectivity index (χ0v) is 27.3. The number of benzene rings is 4. The Kier molecular flexibility index (Phi) is 11.7. The van der Waals surface area contributed by atoms with Gasteiger partial charge in [0.25, 0.3) is 0 Å². The van der Waals surface area contributed by atoms with Crippen molar-refractivity contribution in [1.82, 2.24) is 0 Å². The van der Waals surface area contributed by atoms with Crippen LogP contribution in [-0.4, -0.2) is 0 Å². The predicted octanol–water partition coefficient (Wildman–Crippen LogP) is 12.7. The van der Waals surface area contributed by atoms with Crippen LogP contribution >= 0.6 is 71.0 Å². The van der Waals surface area contributed by atoms with Gasteiger partial charge < -0.3 is 5.32 Å². The van der Waals surface area contributed by atoms with Gasteiger partial charge in [-0.2, -0.15) is 26.3 Å². The quantitative estimate of drug-likeness (QED) is 0.156. The van der Waals surface area contributed by atoms with Gasteiger partial charge in [0.15, 0.2) is 0 Å². The third-order valence-corrected chi connectivity index (χ3v) is 8.46. The van der Waals surface area contributed by atoms with E-state index in [2.05, 4.69) is 53.1 Å². The first-order chi connectivity index (χ1) is 19.1. The number of nitrogens with one attached hydrogen (secondary N) is 1. The monoisotopic (exact) mass is 803 g/mol. The van der Waals surface area contributed by atoms with Crippen molar-refractivity contribution in [2.24, 2.45) is 0 Å². The van der Waals surface area contributed by atoms with E-state index in [0.29, 0.717) is 36.4 Å². The normalized spacial score (nSPS) is 11.6. The molecule has 1 nitrogen and oxygen atoms in total. The molecule has 0 radical (unpaired) electrons. The van der Waals surface area contributed by atoms with Crippen LogP contribution in [0.15, 0.2) is 81.7 Å². The minimum absolute atomic E-state index is 0.356. The maximum absolute atomic E-state index is 12.8. The molecule has 41 heavy (non-hydrogen) atoms. The topological polar surface area (TPSA) is 12.0 Å². The number of alkyl halides is 7. The highest BCUT2D eigenvalue weighted by molar-refractivity contribution is 9.11. The second-order valence-electron chi connectivity index (χ2n) is 8.75. The molecule has 4 aromatic rings. The number of hydrogen-bond donors (Lipinski definition) is 1. The van der Waals surface area contributed by atoms with E-state index < -0.39 is 23.5 Å². The van der Waals surface area contributed by atoms with E-state index in [1.807, 2.05) is 37.3 Å². The smallest absolute Gasteiger partial charge is 0.381 e. The van der Waals surface area contributed by atoms with Gasteiger partial charge in [-0.3, -0.25) is 0 Å². The van der Waals surface area contributed by atoms with Crippen LogP contribution in [0.3, 0.4) is 0 Å². The van der Waals surface area contributed by atoms with Crippen LogP contribution < -0.4 is 5.32 Å². The van der Waals surface area contributed by atoms with Crippen LogP contribution in [0.4, 0.5) is 32.0 Å². The van der Waals surface area contributed by atoms with Gasteiger partial charge in [0, 0.05) is 37.1 Å². The first-order valence-electron chi connectivity index (χ1n) is 11.7. The summed E-state index contributed by atoms with van der Waals surface area (Å²) in [5.41, 5.74) is 3.85. The molecule has 0 amide bonds. The summed E-state index contributed by atoms with van der Waals surface area (Å²) in [5, 5.41) is 4.96. The molecule has 0 bridgehead atoms. The first kappa shape index (κ1) is 33.8. The summed E-state index contributed by atoms with van der Waals surface area (Å²) in [6.07, 6.45) is -8.63. The summed E-state index contributed by atoms with van der Waals surface area (Å²) in [4.78, 5) is 0. The van der Waals surface area contributed by atoms with Gasteiger partial charge in [-0.25, -0.2) is 0 Å². The van der Waals surface area contributed by atoms with Crippen molar-refractivity contribution < 1.29 is 26.3 Å². The number of rotatable bonds is 5. The Morgan fingerprint density at radius 1 is 0.683 bits per heavy atom. The number of anilines is 1. The SMILES string of the molecule is Cc1cc(Cl)ccc1-c1ccc(NCc2ccc(C(F)(F)F)cc2Br)cc1Cl.FC(F)(F)c1ccc(CBr)c(Br)c1. The van der Waals surface area contributed by atoms with E-state index in [4.69, 9.17) is 23.2 Å². The molecular weight excluding hydrogens is 787 g/mol. The highest BCUT2D eigenvalue weighted by atomic mass is 79.9.